The van der Waals surface area contributed by atoms with Crippen LogP contribution in [-0.2, 0) is 10.8 Å². The van der Waals surface area contributed by atoms with Crippen molar-refractivity contribution in [1.29, 1.82) is 0 Å². The topological polar surface area (TPSA) is 29.1 Å². The van der Waals surface area contributed by atoms with Crippen LogP contribution in [0.2, 0.25) is 0 Å². The molecule has 3 heteroatoms. The van der Waals surface area contributed by atoms with E-state index >= 15 is 0 Å². The number of rotatable bonds is 5. The zero-order valence-electron chi connectivity index (χ0n) is 13.8. The van der Waals surface area contributed by atoms with Crippen molar-refractivity contribution in [3.8, 4) is 0 Å². The molecule has 0 bridgehead atoms. The van der Waals surface area contributed by atoms with E-state index in [1.54, 1.807) is 0 Å². The Morgan fingerprint density at radius 2 is 2.05 bits per heavy atom. The Hall–Kier alpha value is -0.670. The first-order chi connectivity index (χ1) is 10.1. The van der Waals surface area contributed by atoms with Gasteiger partial charge in [-0.2, -0.15) is 0 Å². The molecule has 0 heterocycles. The van der Waals surface area contributed by atoms with E-state index in [1.165, 1.54) is 30.4 Å². The SMILES string of the molecule is CCCC1CCC(NC)C(S(=O)c2ccc(C)cc2C)C1. The number of nitrogens with one attached hydrogen (secondary N) is 1. The molecular formula is C18H29NOS. The minimum Gasteiger partial charge on any atom is -0.316 e. The predicted octanol–water partition coefficient (Wildman–Crippen LogP) is 3.97. The summed E-state index contributed by atoms with van der Waals surface area (Å²) in [5, 5.41) is 3.66. The maximum atomic E-state index is 13.1. The summed E-state index contributed by atoms with van der Waals surface area (Å²) >= 11 is 0. The zero-order valence-corrected chi connectivity index (χ0v) is 14.6. The molecule has 1 aliphatic rings. The lowest BCUT2D eigenvalue weighted by Crippen LogP contribution is -2.45. The molecule has 1 saturated carbocycles. The van der Waals surface area contributed by atoms with Crippen LogP contribution < -0.4 is 5.32 Å². The fraction of sp³-hybridized carbons (Fsp3) is 0.667. The molecule has 4 unspecified atom stereocenters. The Morgan fingerprint density at radius 3 is 2.67 bits per heavy atom. The largest absolute Gasteiger partial charge is 0.316 e. The van der Waals surface area contributed by atoms with Gasteiger partial charge in [-0.3, -0.25) is 4.21 Å². The Morgan fingerprint density at radius 1 is 1.29 bits per heavy atom. The van der Waals surface area contributed by atoms with Crippen LogP contribution in [0, 0.1) is 19.8 Å². The minimum atomic E-state index is -0.906. The highest BCUT2D eigenvalue weighted by Gasteiger charge is 2.34. The smallest absolute Gasteiger partial charge is 0.0579 e. The third kappa shape index (κ3) is 3.95. The molecule has 0 amide bonds. The lowest BCUT2D eigenvalue weighted by molar-refractivity contribution is 0.292. The highest BCUT2D eigenvalue weighted by atomic mass is 32.2. The summed E-state index contributed by atoms with van der Waals surface area (Å²) in [7, 11) is 1.10. The second-order valence-electron chi connectivity index (χ2n) is 6.47. The molecule has 118 valence electrons. The van der Waals surface area contributed by atoms with E-state index in [1.807, 2.05) is 7.05 Å². The summed E-state index contributed by atoms with van der Waals surface area (Å²) in [6.45, 7) is 6.43. The van der Waals surface area contributed by atoms with E-state index in [9.17, 15) is 4.21 Å². The van der Waals surface area contributed by atoms with Crippen molar-refractivity contribution in [2.24, 2.45) is 5.92 Å². The van der Waals surface area contributed by atoms with Gasteiger partial charge >= 0.3 is 0 Å². The van der Waals surface area contributed by atoms with Gasteiger partial charge in [0.2, 0.25) is 0 Å². The van der Waals surface area contributed by atoms with E-state index in [0.717, 1.165) is 23.7 Å². The maximum absolute atomic E-state index is 13.1. The molecule has 1 aromatic rings. The van der Waals surface area contributed by atoms with Crippen molar-refractivity contribution in [2.75, 3.05) is 7.05 Å². The van der Waals surface area contributed by atoms with Crippen molar-refractivity contribution < 1.29 is 4.21 Å². The average Bonchev–Trinajstić information content (AvgIpc) is 2.47. The normalized spacial score (nSPS) is 27.5. The summed E-state index contributed by atoms with van der Waals surface area (Å²) in [6, 6.07) is 6.69. The van der Waals surface area contributed by atoms with Crippen molar-refractivity contribution in [2.45, 2.75) is 69.1 Å². The van der Waals surface area contributed by atoms with E-state index in [0.29, 0.717) is 6.04 Å². The van der Waals surface area contributed by atoms with E-state index in [2.05, 4.69) is 44.3 Å². The van der Waals surface area contributed by atoms with Gasteiger partial charge in [0.15, 0.2) is 0 Å². The minimum absolute atomic E-state index is 0.252. The van der Waals surface area contributed by atoms with Gasteiger partial charge in [-0.15, -0.1) is 0 Å². The number of aryl methyl sites for hydroxylation is 2. The first-order valence-electron chi connectivity index (χ1n) is 8.21. The van der Waals surface area contributed by atoms with Gasteiger partial charge < -0.3 is 5.32 Å². The van der Waals surface area contributed by atoms with Gasteiger partial charge in [0.1, 0.15) is 0 Å². The van der Waals surface area contributed by atoms with Crippen molar-refractivity contribution in [3.63, 3.8) is 0 Å². The van der Waals surface area contributed by atoms with E-state index in [-0.39, 0.29) is 5.25 Å². The van der Waals surface area contributed by atoms with Gasteiger partial charge in [-0.25, -0.2) is 0 Å². The average molecular weight is 308 g/mol. The molecule has 2 nitrogen and oxygen atoms in total. The quantitative estimate of drug-likeness (QED) is 0.892. The maximum Gasteiger partial charge on any atom is 0.0579 e. The number of hydrogen-bond acceptors (Lipinski definition) is 2. The zero-order chi connectivity index (χ0) is 15.4. The predicted molar refractivity (Wildman–Crippen MR) is 91.2 cm³/mol. The van der Waals surface area contributed by atoms with Crippen LogP contribution in [-0.4, -0.2) is 22.5 Å². The lowest BCUT2D eigenvalue weighted by atomic mass is 9.83. The monoisotopic (exact) mass is 307 g/mol. The third-order valence-corrected chi connectivity index (χ3v) is 6.75. The van der Waals surface area contributed by atoms with Crippen molar-refractivity contribution >= 4 is 10.8 Å². The lowest BCUT2D eigenvalue weighted by Gasteiger charge is -2.35. The number of hydrogen-bond donors (Lipinski definition) is 1. The molecule has 1 aromatic carbocycles. The Bertz CT molecular complexity index is 500. The molecule has 1 fully saturated rings. The van der Waals surface area contributed by atoms with E-state index < -0.39 is 10.8 Å². The molecule has 1 aliphatic carbocycles. The van der Waals surface area contributed by atoms with Crippen molar-refractivity contribution in [3.05, 3.63) is 29.3 Å². The summed E-state index contributed by atoms with van der Waals surface area (Å²) in [5.41, 5.74) is 2.41. The second kappa shape index (κ2) is 7.55. The third-order valence-electron chi connectivity index (χ3n) is 4.79. The van der Waals surface area contributed by atoms with Crippen molar-refractivity contribution in [1.82, 2.24) is 5.32 Å². The van der Waals surface area contributed by atoms with Crippen LogP contribution in [0.4, 0.5) is 0 Å². The van der Waals surface area contributed by atoms with Gasteiger partial charge in [-0.1, -0.05) is 37.5 Å². The van der Waals surface area contributed by atoms with E-state index in [4.69, 9.17) is 0 Å². The molecule has 2 rings (SSSR count). The van der Waals surface area contributed by atoms with Gasteiger partial charge in [0, 0.05) is 10.9 Å². The van der Waals surface area contributed by atoms with Gasteiger partial charge in [0.25, 0.3) is 0 Å². The number of benzene rings is 1. The molecule has 0 aromatic heterocycles. The molecule has 0 aliphatic heterocycles. The molecule has 0 radical (unpaired) electrons. The van der Waals surface area contributed by atoms with Crippen LogP contribution in [0.1, 0.15) is 50.2 Å². The van der Waals surface area contributed by atoms with Crippen LogP contribution in [0.25, 0.3) is 0 Å². The highest BCUT2D eigenvalue weighted by Crippen LogP contribution is 2.33. The molecule has 0 saturated heterocycles. The molecule has 0 spiro atoms. The van der Waals surface area contributed by atoms with Gasteiger partial charge in [0.05, 0.1) is 16.0 Å². The molecule has 1 N–H and O–H groups in total. The summed E-state index contributed by atoms with van der Waals surface area (Å²) in [5.74, 6) is 0.749. The van der Waals surface area contributed by atoms with Crippen LogP contribution in [0.3, 0.4) is 0 Å². The fourth-order valence-corrected chi connectivity index (χ4v) is 5.56. The van der Waals surface area contributed by atoms with Crippen LogP contribution >= 0.6 is 0 Å². The molecule has 4 atom stereocenters. The highest BCUT2D eigenvalue weighted by molar-refractivity contribution is 7.85. The first kappa shape index (κ1) is 16.7. The fourth-order valence-electron chi connectivity index (χ4n) is 3.64. The second-order valence-corrected chi connectivity index (χ2v) is 8.11. The Labute approximate surface area is 132 Å². The van der Waals surface area contributed by atoms with Crippen LogP contribution in [0.5, 0.6) is 0 Å². The Balaban J connectivity index is 2.21. The van der Waals surface area contributed by atoms with Gasteiger partial charge in [-0.05, 0) is 57.7 Å². The Kier molecular flexibility index (Phi) is 6.00. The standard InChI is InChI=1S/C18H29NOS/c1-5-6-15-8-9-16(19-4)18(12-15)21(20)17-10-7-13(2)11-14(17)3/h7,10-11,15-16,18-19H,5-6,8-9,12H2,1-4H3. The summed E-state index contributed by atoms with van der Waals surface area (Å²) in [4.78, 5) is 1.03. The molecule has 21 heavy (non-hydrogen) atoms. The summed E-state index contributed by atoms with van der Waals surface area (Å²) in [6.07, 6.45) is 6.04. The summed E-state index contributed by atoms with van der Waals surface area (Å²) < 4.78 is 13.1. The molecular weight excluding hydrogens is 278 g/mol. The first-order valence-corrected chi connectivity index (χ1v) is 9.43. The van der Waals surface area contributed by atoms with Crippen LogP contribution in [0.15, 0.2) is 23.1 Å².